The van der Waals surface area contributed by atoms with Gasteiger partial charge in [0.1, 0.15) is 13.2 Å². The molecule has 1 unspecified atom stereocenters. The van der Waals surface area contributed by atoms with E-state index in [1.165, 1.54) is 0 Å². The van der Waals surface area contributed by atoms with Crippen LogP contribution in [0.2, 0.25) is 5.15 Å². The van der Waals surface area contributed by atoms with Gasteiger partial charge in [0.15, 0.2) is 16.7 Å². The first-order chi connectivity index (χ1) is 9.74. The van der Waals surface area contributed by atoms with Crippen molar-refractivity contribution in [3.63, 3.8) is 0 Å². The molecule has 20 heavy (non-hydrogen) atoms. The molecule has 0 radical (unpaired) electrons. The van der Waals surface area contributed by atoms with Crippen LogP contribution in [0.4, 0.5) is 5.69 Å². The van der Waals surface area contributed by atoms with E-state index in [4.69, 9.17) is 21.1 Å². The maximum atomic E-state index is 6.05. The molecule has 1 aromatic heterocycles. The first-order valence-electron chi connectivity index (χ1n) is 6.50. The number of benzene rings is 1. The predicted octanol–water partition coefficient (Wildman–Crippen LogP) is 3.68. The molecule has 4 nitrogen and oxygen atoms in total. The summed E-state index contributed by atoms with van der Waals surface area (Å²) < 4.78 is 11.1. The van der Waals surface area contributed by atoms with E-state index in [1.807, 2.05) is 30.3 Å². The summed E-state index contributed by atoms with van der Waals surface area (Å²) in [5, 5.41) is 3.81. The molecule has 0 saturated heterocycles. The number of halogens is 1. The number of hydrogen-bond acceptors (Lipinski definition) is 4. The van der Waals surface area contributed by atoms with Gasteiger partial charge in [0, 0.05) is 12.2 Å². The predicted molar refractivity (Wildman–Crippen MR) is 78.7 cm³/mol. The first-order valence-corrected chi connectivity index (χ1v) is 6.88. The highest BCUT2D eigenvalue weighted by atomic mass is 35.5. The van der Waals surface area contributed by atoms with Crippen LogP contribution in [-0.4, -0.2) is 18.2 Å². The summed E-state index contributed by atoms with van der Waals surface area (Å²) in [4.78, 5) is 4.05. The van der Waals surface area contributed by atoms with Gasteiger partial charge in [0.2, 0.25) is 0 Å². The van der Waals surface area contributed by atoms with Crippen molar-refractivity contribution in [2.45, 2.75) is 13.0 Å². The lowest BCUT2D eigenvalue weighted by molar-refractivity contribution is 0.171. The number of fused-ring (bicyclic) bond motifs is 1. The van der Waals surface area contributed by atoms with Crippen LogP contribution in [-0.2, 0) is 0 Å². The largest absolute Gasteiger partial charge is 0.486 e. The van der Waals surface area contributed by atoms with Gasteiger partial charge in [-0.05, 0) is 36.8 Å². The molecule has 0 bridgehead atoms. The Kier molecular flexibility index (Phi) is 3.65. The molecule has 0 aliphatic carbocycles. The molecular formula is C15H15ClN2O2. The van der Waals surface area contributed by atoms with Crippen LogP contribution < -0.4 is 14.8 Å². The Labute approximate surface area is 122 Å². The Morgan fingerprint density at radius 2 is 2.00 bits per heavy atom. The number of nitrogens with one attached hydrogen (secondary N) is 1. The summed E-state index contributed by atoms with van der Waals surface area (Å²) in [5.41, 5.74) is 1.92. The van der Waals surface area contributed by atoms with E-state index >= 15 is 0 Å². The Balaban J connectivity index is 1.80. The van der Waals surface area contributed by atoms with Crippen molar-refractivity contribution in [3.05, 3.63) is 47.2 Å². The fraction of sp³-hybridized carbons (Fsp3) is 0.267. The van der Waals surface area contributed by atoms with Gasteiger partial charge in [-0.2, -0.15) is 0 Å². The molecule has 104 valence electrons. The van der Waals surface area contributed by atoms with Crippen LogP contribution in [0.15, 0.2) is 36.5 Å². The van der Waals surface area contributed by atoms with E-state index in [0.717, 1.165) is 22.7 Å². The minimum absolute atomic E-state index is 0.0903. The van der Waals surface area contributed by atoms with Crippen molar-refractivity contribution in [2.24, 2.45) is 0 Å². The summed E-state index contributed by atoms with van der Waals surface area (Å²) in [6.45, 7) is 3.26. The molecule has 0 fully saturated rings. The van der Waals surface area contributed by atoms with Crippen LogP contribution in [0.5, 0.6) is 11.5 Å². The number of rotatable bonds is 3. The van der Waals surface area contributed by atoms with Crippen molar-refractivity contribution >= 4 is 17.3 Å². The molecular weight excluding hydrogens is 276 g/mol. The number of pyridine rings is 1. The molecule has 1 aliphatic rings. The van der Waals surface area contributed by atoms with Crippen molar-refractivity contribution in [1.29, 1.82) is 0 Å². The zero-order valence-corrected chi connectivity index (χ0v) is 11.9. The SMILES string of the molecule is CC(Nc1cccnc1Cl)c1ccc2c(c1)OCCO2. The third-order valence-electron chi connectivity index (χ3n) is 3.20. The minimum Gasteiger partial charge on any atom is -0.486 e. The van der Waals surface area contributed by atoms with E-state index in [2.05, 4.69) is 17.2 Å². The standard InChI is InChI=1S/C15H15ClN2O2/c1-10(18-12-3-2-6-17-15(12)16)11-4-5-13-14(9-11)20-8-7-19-13/h2-6,9-10,18H,7-8H2,1H3. The van der Waals surface area contributed by atoms with Crippen molar-refractivity contribution in [1.82, 2.24) is 4.98 Å². The lowest BCUT2D eigenvalue weighted by atomic mass is 10.1. The molecule has 1 N–H and O–H groups in total. The van der Waals surface area contributed by atoms with Crippen molar-refractivity contribution < 1.29 is 9.47 Å². The highest BCUT2D eigenvalue weighted by molar-refractivity contribution is 6.31. The lowest BCUT2D eigenvalue weighted by Crippen LogP contribution is -2.16. The van der Waals surface area contributed by atoms with Crippen molar-refractivity contribution in [3.8, 4) is 11.5 Å². The van der Waals surface area contributed by atoms with Crippen LogP contribution in [0.1, 0.15) is 18.5 Å². The summed E-state index contributed by atoms with van der Waals surface area (Å²) in [5.74, 6) is 1.59. The fourth-order valence-electron chi connectivity index (χ4n) is 2.14. The molecule has 1 atom stereocenters. The Morgan fingerprint density at radius 1 is 1.20 bits per heavy atom. The normalized spacial score (nSPS) is 14.7. The van der Waals surface area contributed by atoms with Gasteiger partial charge in [-0.3, -0.25) is 0 Å². The molecule has 3 rings (SSSR count). The van der Waals surface area contributed by atoms with E-state index in [9.17, 15) is 0 Å². The third-order valence-corrected chi connectivity index (χ3v) is 3.50. The average molecular weight is 291 g/mol. The summed E-state index contributed by atoms with van der Waals surface area (Å²) in [6, 6.07) is 9.81. The average Bonchev–Trinajstić information content (AvgIpc) is 2.49. The summed E-state index contributed by atoms with van der Waals surface area (Å²) in [6.07, 6.45) is 1.67. The highest BCUT2D eigenvalue weighted by Gasteiger charge is 2.15. The van der Waals surface area contributed by atoms with Gasteiger partial charge < -0.3 is 14.8 Å². The van der Waals surface area contributed by atoms with Gasteiger partial charge in [0.25, 0.3) is 0 Å². The van der Waals surface area contributed by atoms with Crippen molar-refractivity contribution in [2.75, 3.05) is 18.5 Å². The molecule has 0 amide bonds. The van der Waals surface area contributed by atoms with Gasteiger partial charge in [-0.25, -0.2) is 4.98 Å². The molecule has 1 aliphatic heterocycles. The quantitative estimate of drug-likeness (QED) is 0.876. The second kappa shape index (κ2) is 5.59. The zero-order valence-electron chi connectivity index (χ0n) is 11.1. The maximum Gasteiger partial charge on any atom is 0.161 e. The van der Waals surface area contributed by atoms with Gasteiger partial charge in [-0.15, -0.1) is 0 Å². The first kappa shape index (κ1) is 13.1. The van der Waals surface area contributed by atoms with Crippen LogP contribution in [0, 0.1) is 0 Å². The number of aromatic nitrogens is 1. The van der Waals surface area contributed by atoms with E-state index < -0.39 is 0 Å². The Morgan fingerprint density at radius 3 is 2.80 bits per heavy atom. The fourth-order valence-corrected chi connectivity index (χ4v) is 2.31. The van der Waals surface area contributed by atoms with E-state index in [-0.39, 0.29) is 6.04 Å². The van der Waals surface area contributed by atoms with Crippen LogP contribution in [0.25, 0.3) is 0 Å². The molecule has 0 saturated carbocycles. The van der Waals surface area contributed by atoms with Gasteiger partial charge >= 0.3 is 0 Å². The number of anilines is 1. The molecule has 1 aromatic carbocycles. The topological polar surface area (TPSA) is 43.4 Å². The second-order valence-electron chi connectivity index (χ2n) is 4.61. The Bertz CT molecular complexity index is 619. The molecule has 2 heterocycles. The van der Waals surface area contributed by atoms with Gasteiger partial charge in [0.05, 0.1) is 5.69 Å². The lowest BCUT2D eigenvalue weighted by Gasteiger charge is -2.21. The molecule has 2 aromatic rings. The zero-order chi connectivity index (χ0) is 13.9. The number of hydrogen-bond donors (Lipinski definition) is 1. The van der Waals surface area contributed by atoms with Gasteiger partial charge in [-0.1, -0.05) is 17.7 Å². The van der Waals surface area contributed by atoms with Crippen LogP contribution >= 0.6 is 11.6 Å². The maximum absolute atomic E-state index is 6.05. The summed E-state index contributed by atoms with van der Waals surface area (Å²) >= 11 is 6.05. The highest BCUT2D eigenvalue weighted by Crippen LogP contribution is 2.33. The molecule has 5 heteroatoms. The summed E-state index contributed by atoms with van der Waals surface area (Å²) in [7, 11) is 0. The van der Waals surface area contributed by atoms with E-state index in [0.29, 0.717) is 18.4 Å². The Hall–Kier alpha value is -1.94. The smallest absolute Gasteiger partial charge is 0.161 e. The van der Waals surface area contributed by atoms with E-state index in [1.54, 1.807) is 6.20 Å². The minimum atomic E-state index is 0.0903. The monoisotopic (exact) mass is 290 g/mol. The number of ether oxygens (including phenoxy) is 2. The second-order valence-corrected chi connectivity index (χ2v) is 4.97. The van der Waals surface area contributed by atoms with Crippen LogP contribution in [0.3, 0.4) is 0 Å². The number of nitrogens with zero attached hydrogens (tertiary/aromatic N) is 1. The molecule has 0 spiro atoms. The third kappa shape index (κ3) is 2.65.